The van der Waals surface area contributed by atoms with Gasteiger partial charge in [0.2, 0.25) is 10.0 Å². The fourth-order valence-electron chi connectivity index (χ4n) is 0.896. The zero-order valence-corrected chi connectivity index (χ0v) is 10.8. The van der Waals surface area contributed by atoms with Crippen LogP contribution in [0.1, 0.15) is 11.7 Å². The molecule has 8 heteroatoms. The molecule has 0 unspecified atom stereocenters. The van der Waals surface area contributed by atoms with Crippen LogP contribution < -0.4 is 5.14 Å². The Hall–Kier alpha value is 0.340. The van der Waals surface area contributed by atoms with Gasteiger partial charge in [-0.3, -0.25) is 0 Å². The van der Waals surface area contributed by atoms with E-state index in [1.165, 1.54) is 6.07 Å². The summed E-state index contributed by atoms with van der Waals surface area (Å²) in [5.41, 5.74) is 0.236. The van der Waals surface area contributed by atoms with Crippen LogP contribution in [0.4, 0.5) is 0 Å². The zero-order chi connectivity index (χ0) is 10.9. The molecule has 0 aromatic carbocycles. The monoisotopic (exact) mass is 319 g/mol. The minimum absolute atomic E-state index is 0.0885. The van der Waals surface area contributed by atoms with Crippen LogP contribution in [0.5, 0.6) is 0 Å². The molecular formula is C6H7BrClNO3S2. The predicted octanol–water partition coefficient (Wildman–Crippen LogP) is 1.48. The molecule has 0 saturated heterocycles. The van der Waals surface area contributed by atoms with E-state index in [9.17, 15) is 13.5 Å². The molecule has 0 aliphatic carbocycles. The molecule has 0 aliphatic heterocycles. The molecular weight excluding hydrogens is 314 g/mol. The van der Waals surface area contributed by atoms with Crippen molar-refractivity contribution < 1.29 is 13.5 Å². The van der Waals surface area contributed by atoms with Crippen molar-refractivity contribution in [3.8, 4) is 0 Å². The number of hydrogen-bond donors (Lipinski definition) is 2. The lowest BCUT2D eigenvalue weighted by molar-refractivity contribution is 0.203. The van der Waals surface area contributed by atoms with Crippen LogP contribution >= 0.6 is 38.9 Å². The van der Waals surface area contributed by atoms with Gasteiger partial charge in [-0.25, -0.2) is 13.6 Å². The summed E-state index contributed by atoms with van der Waals surface area (Å²) in [5, 5.41) is 14.7. The normalized spacial score (nSPS) is 14.3. The first-order valence-corrected chi connectivity index (χ1v) is 7.28. The molecule has 0 radical (unpaired) electrons. The first-order chi connectivity index (χ1) is 6.36. The Morgan fingerprint density at radius 2 is 2.29 bits per heavy atom. The topological polar surface area (TPSA) is 80.4 Å². The third-order valence-electron chi connectivity index (χ3n) is 1.46. The SMILES string of the molecule is NS(=O)(=O)c1sc(Cl)cc1[C@H](O)CBr. The number of hydrogen-bond acceptors (Lipinski definition) is 4. The lowest BCUT2D eigenvalue weighted by Crippen LogP contribution is -2.14. The summed E-state index contributed by atoms with van der Waals surface area (Å²) in [7, 11) is -3.81. The van der Waals surface area contributed by atoms with E-state index in [2.05, 4.69) is 15.9 Å². The zero-order valence-electron chi connectivity index (χ0n) is 6.78. The molecule has 4 nitrogen and oxygen atoms in total. The van der Waals surface area contributed by atoms with Gasteiger partial charge in [-0.15, -0.1) is 11.3 Å². The lowest BCUT2D eigenvalue weighted by Gasteiger charge is -2.05. The largest absolute Gasteiger partial charge is 0.387 e. The average molecular weight is 321 g/mol. The Bertz CT molecular complexity index is 430. The second kappa shape index (κ2) is 4.46. The highest BCUT2D eigenvalue weighted by Crippen LogP contribution is 2.34. The Labute approximate surface area is 98.9 Å². The van der Waals surface area contributed by atoms with Crippen molar-refractivity contribution in [3.05, 3.63) is 16.0 Å². The average Bonchev–Trinajstić information content (AvgIpc) is 2.45. The molecule has 1 atom stereocenters. The molecule has 3 N–H and O–H groups in total. The predicted molar refractivity (Wildman–Crippen MR) is 59.5 cm³/mol. The molecule has 1 aromatic heterocycles. The van der Waals surface area contributed by atoms with E-state index in [0.717, 1.165) is 11.3 Å². The highest BCUT2D eigenvalue weighted by atomic mass is 79.9. The van der Waals surface area contributed by atoms with E-state index < -0.39 is 16.1 Å². The third-order valence-corrected chi connectivity index (χ3v) is 4.85. The quantitative estimate of drug-likeness (QED) is 0.828. The molecule has 14 heavy (non-hydrogen) atoms. The van der Waals surface area contributed by atoms with Crippen LogP contribution in [0.2, 0.25) is 4.34 Å². The lowest BCUT2D eigenvalue weighted by atomic mass is 10.2. The van der Waals surface area contributed by atoms with Gasteiger partial charge in [-0.1, -0.05) is 27.5 Å². The standard InChI is InChI=1S/C6H7BrClNO3S2/c7-2-4(10)3-1-5(8)13-6(3)14(9,11)12/h1,4,10H,2H2,(H2,9,11,12)/t4-/m1/s1. The van der Waals surface area contributed by atoms with E-state index in [1.54, 1.807) is 0 Å². The van der Waals surface area contributed by atoms with Gasteiger partial charge < -0.3 is 5.11 Å². The van der Waals surface area contributed by atoms with E-state index in [-0.39, 0.29) is 19.4 Å². The summed E-state index contributed by atoms with van der Waals surface area (Å²) in [5.74, 6) is 0. The number of sulfonamides is 1. The highest BCUT2D eigenvalue weighted by Gasteiger charge is 2.22. The summed E-state index contributed by atoms with van der Waals surface area (Å²) in [6, 6.07) is 1.40. The fourth-order valence-corrected chi connectivity index (χ4v) is 3.66. The maximum Gasteiger partial charge on any atom is 0.247 e. The summed E-state index contributed by atoms with van der Waals surface area (Å²) in [4.78, 5) is 0. The smallest absolute Gasteiger partial charge is 0.247 e. The third kappa shape index (κ3) is 2.68. The van der Waals surface area contributed by atoms with Gasteiger partial charge in [0.1, 0.15) is 4.21 Å². The van der Waals surface area contributed by atoms with Crippen LogP contribution in [0.25, 0.3) is 0 Å². The van der Waals surface area contributed by atoms with Crippen LogP contribution in [0.3, 0.4) is 0 Å². The fraction of sp³-hybridized carbons (Fsp3) is 0.333. The van der Waals surface area contributed by atoms with Gasteiger partial charge >= 0.3 is 0 Å². The van der Waals surface area contributed by atoms with Crippen molar-refractivity contribution in [1.29, 1.82) is 0 Å². The van der Waals surface area contributed by atoms with Crippen LogP contribution in [-0.4, -0.2) is 18.9 Å². The molecule has 0 bridgehead atoms. The van der Waals surface area contributed by atoms with E-state index in [0.29, 0.717) is 0 Å². The van der Waals surface area contributed by atoms with Crippen molar-refractivity contribution in [2.24, 2.45) is 5.14 Å². The van der Waals surface area contributed by atoms with E-state index in [1.807, 2.05) is 0 Å². The number of alkyl halides is 1. The minimum Gasteiger partial charge on any atom is -0.387 e. The molecule has 0 fully saturated rings. The van der Waals surface area contributed by atoms with Crippen molar-refractivity contribution in [1.82, 2.24) is 0 Å². The van der Waals surface area contributed by atoms with Gasteiger partial charge in [-0.2, -0.15) is 0 Å². The molecule has 80 valence electrons. The molecule has 0 aliphatic rings. The molecule has 0 amide bonds. The number of thiophene rings is 1. The van der Waals surface area contributed by atoms with Gasteiger partial charge in [0.05, 0.1) is 10.4 Å². The summed E-state index contributed by atoms with van der Waals surface area (Å²) in [6.45, 7) is 0. The Morgan fingerprint density at radius 1 is 1.71 bits per heavy atom. The second-order valence-corrected chi connectivity index (χ2v) is 6.60. The molecule has 0 saturated carbocycles. The van der Waals surface area contributed by atoms with Crippen molar-refractivity contribution in [3.63, 3.8) is 0 Å². The van der Waals surface area contributed by atoms with Crippen LogP contribution in [0, 0.1) is 0 Å². The number of aliphatic hydroxyl groups is 1. The number of rotatable bonds is 3. The molecule has 0 spiro atoms. The van der Waals surface area contributed by atoms with E-state index >= 15 is 0 Å². The molecule has 1 rings (SSSR count). The minimum atomic E-state index is -3.81. The van der Waals surface area contributed by atoms with Crippen molar-refractivity contribution in [2.75, 3.05) is 5.33 Å². The molecule has 1 aromatic rings. The van der Waals surface area contributed by atoms with Crippen LogP contribution in [-0.2, 0) is 10.0 Å². The van der Waals surface area contributed by atoms with Gasteiger partial charge in [0.15, 0.2) is 0 Å². The van der Waals surface area contributed by atoms with Gasteiger partial charge in [-0.05, 0) is 6.07 Å². The molecule has 1 heterocycles. The number of nitrogens with two attached hydrogens (primary N) is 1. The Balaban J connectivity index is 3.30. The van der Waals surface area contributed by atoms with Gasteiger partial charge in [0.25, 0.3) is 0 Å². The van der Waals surface area contributed by atoms with E-state index in [4.69, 9.17) is 16.7 Å². The highest BCUT2D eigenvalue weighted by molar-refractivity contribution is 9.09. The summed E-state index contributed by atoms with van der Waals surface area (Å²) in [6.07, 6.45) is -0.924. The maximum atomic E-state index is 11.1. The summed E-state index contributed by atoms with van der Waals surface area (Å²) < 4.78 is 22.4. The number of primary sulfonamides is 1. The first-order valence-electron chi connectivity index (χ1n) is 3.42. The van der Waals surface area contributed by atoms with Crippen LogP contribution in [0.15, 0.2) is 10.3 Å². The maximum absolute atomic E-state index is 11.1. The van der Waals surface area contributed by atoms with Crippen molar-refractivity contribution >= 4 is 48.9 Å². The Morgan fingerprint density at radius 3 is 2.71 bits per heavy atom. The van der Waals surface area contributed by atoms with Crippen molar-refractivity contribution in [2.45, 2.75) is 10.3 Å². The van der Waals surface area contributed by atoms with Gasteiger partial charge in [0, 0.05) is 10.9 Å². The summed E-state index contributed by atoms with van der Waals surface area (Å²) >= 11 is 9.52. The number of aliphatic hydroxyl groups excluding tert-OH is 1. The number of halogens is 2. The Kier molecular flexibility index (Phi) is 3.95. The first kappa shape index (κ1) is 12.4. The second-order valence-electron chi connectivity index (χ2n) is 2.51.